The number of benzene rings is 1. The maximum Gasteiger partial charge on any atom is 0.244 e. The van der Waals surface area contributed by atoms with E-state index in [-0.39, 0.29) is 40.9 Å². The summed E-state index contributed by atoms with van der Waals surface area (Å²) in [6, 6.07) is 7.97. The Kier molecular flexibility index (Phi) is 5.46. The Balaban J connectivity index is 1.84. The third-order valence-electron chi connectivity index (χ3n) is 4.52. The fraction of sp³-hybridized carbons (Fsp3) is 0.353. The largest absolute Gasteiger partial charge is 0.495 e. The monoisotopic (exact) mass is 416 g/mol. The number of aliphatic hydroxyl groups is 1. The minimum Gasteiger partial charge on any atom is -0.495 e. The second-order valence-electron chi connectivity index (χ2n) is 6.07. The van der Waals surface area contributed by atoms with Gasteiger partial charge in [0.15, 0.2) is 0 Å². The van der Waals surface area contributed by atoms with Crippen LogP contribution >= 0.6 is 23.2 Å². The highest BCUT2D eigenvalue weighted by Gasteiger charge is 2.39. The number of ether oxygens (including phenoxy) is 1. The van der Waals surface area contributed by atoms with E-state index in [1.54, 1.807) is 24.4 Å². The average molecular weight is 417 g/mol. The summed E-state index contributed by atoms with van der Waals surface area (Å²) in [4.78, 5) is 4.12. The number of sulfonamides is 1. The molecule has 0 radical (unpaired) electrons. The van der Waals surface area contributed by atoms with Crippen LogP contribution in [0.15, 0.2) is 41.4 Å². The summed E-state index contributed by atoms with van der Waals surface area (Å²) < 4.78 is 32.3. The Morgan fingerprint density at radius 1 is 1.19 bits per heavy atom. The summed E-state index contributed by atoms with van der Waals surface area (Å²) in [6.45, 7) is 0.296. The van der Waals surface area contributed by atoms with Crippen molar-refractivity contribution >= 4 is 33.2 Å². The normalized spacial score (nSPS) is 17.8. The second-order valence-corrected chi connectivity index (χ2v) is 8.79. The highest BCUT2D eigenvalue weighted by Crippen LogP contribution is 2.37. The van der Waals surface area contributed by atoms with E-state index in [1.165, 1.54) is 23.5 Å². The maximum absolute atomic E-state index is 13.0. The number of halogens is 2. The molecule has 0 amide bonds. The number of aromatic nitrogens is 1. The minimum atomic E-state index is -3.84. The fourth-order valence-corrected chi connectivity index (χ4v) is 5.26. The van der Waals surface area contributed by atoms with Crippen molar-refractivity contribution in [3.63, 3.8) is 0 Å². The molecule has 0 atom stereocenters. The number of piperidine rings is 1. The van der Waals surface area contributed by atoms with Crippen LogP contribution in [-0.4, -0.2) is 43.0 Å². The molecule has 140 valence electrons. The van der Waals surface area contributed by atoms with Crippen LogP contribution in [-0.2, 0) is 15.6 Å². The van der Waals surface area contributed by atoms with E-state index in [4.69, 9.17) is 27.9 Å². The van der Waals surface area contributed by atoms with E-state index < -0.39 is 15.6 Å². The molecule has 0 spiro atoms. The Morgan fingerprint density at radius 2 is 1.88 bits per heavy atom. The standard InChI is InChI=1S/C17H18Cl2N2O4S/c1-25-14-10-13(19)15(11-12(14)18)26(23,24)21-8-5-17(22,6-9-21)16-4-2-3-7-20-16/h2-4,7,10-11,22H,5-6,8-9H2,1H3. The van der Waals surface area contributed by atoms with E-state index in [0.29, 0.717) is 11.4 Å². The molecule has 0 saturated carbocycles. The van der Waals surface area contributed by atoms with Crippen molar-refractivity contribution in [1.82, 2.24) is 9.29 Å². The Hall–Kier alpha value is -1.38. The van der Waals surface area contributed by atoms with Crippen LogP contribution in [0.2, 0.25) is 10.0 Å². The quantitative estimate of drug-likeness (QED) is 0.827. The molecule has 1 aliphatic heterocycles. The van der Waals surface area contributed by atoms with Crippen LogP contribution in [0, 0.1) is 0 Å². The summed E-state index contributed by atoms with van der Waals surface area (Å²) in [5, 5.41) is 11.0. The summed E-state index contributed by atoms with van der Waals surface area (Å²) >= 11 is 12.2. The van der Waals surface area contributed by atoms with Crippen LogP contribution in [0.3, 0.4) is 0 Å². The molecule has 1 aromatic heterocycles. The molecule has 0 unspecified atom stereocenters. The van der Waals surface area contributed by atoms with Gasteiger partial charge in [0.05, 0.1) is 22.8 Å². The van der Waals surface area contributed by atoms with Gasteiger partial charge in [-0.2, -0.15) is 4.31 Å². The van der Waals surface area contributed by atoms with Gasteiger partial charge < -0.3 is 9.84 Å². The van der Waals surface area contributed by atoms with Crippen LogP contribution in [0.5, 0.6) is 5.75 Å². The lowest BCUT2D eigenvalue weighted by Crippen LogP contribution is -2.45. The van der Waals surface area contributed by atoms with Gasteiger partial charge >= 0.3 is 0 Å². The van der Waals surface area contributed by atoms with Gasteiger partial charge in [-0.1, -0.05) is 29.3 Å². The molecule has 2 heterocycles. The molecule has 1 N–H and O–H groups in total. The second kappa shape index (κ2) is 7.32. The van der Waals surface area contributed by atoms with Gasteiger partial charge in [-0.3, -0.25) is 4.98 Å². The highest BCUT2D eigenvalue weighted by molar-refractivity contribution is 7.89. The number of rotatable bonds is 4. The molecule has 1 saturated heterocycles. The Morgan fingerprint density at radius 3 is 2.46 bits per heavy atom. The molecule has 0 aliphatic carbocycles. The smallest absolute Gasteiger partial charge is 0.244 e. The molecule has 2 aromatic rings. The molecule has 3 rings (SSSR count). The van der Waals surface area contributed by atoms with E-state index in [9.17, 15) is 13.5 Å². The molecule has 1 aliphatic rings. The van der Waals surface area contributed by atoms with Gasteiger partial charge in [0.2, 0.25) is 10.0 Å². The summed E-state index contributed by atoms with van der Waals surface area (Å²) in [6.07, 6.45) is 2.09. The SMILES string of the molecule is COc1cc(Cl)c(S(=O)(=O)N2CCC(O)(c3ccccn3)CC2)cc1Cl. The van der Waals surface area contributed by atoms with Crippen molar-refractivity contribution in [3.8, 4) is 5.75 Å². The van der Waals surface area contributed by atoms with Crippen LogP contribution in [0.1, 0.15) is 18.5 Å². The zero-order chi connectivity index (χ0) is 18.9. The van der Waals surface area contributed by atoms with Crippen molar-refractivity contribution in [1.29, 1.82) is 0 Å². The maximum atomic E-state index is 13.0. The van der Waals surface area contributed by atoms with Gasteiger partial charge in [0.25, 0.3) is 0 Å². The number of hydrogen-bond acceptors (Lipinski definition) is 5. The molecule has 1 aromatic carbocycles. The van der Waals surface area contributed by atoms with Gasteiger partial charge in [-0.25, -0.2) is 8.42 Å². The third kappa shape index (κ3) is 3.54. The van der Waals surface area contributed by atoms with E-state index in [1.807, 2.05) is 0 Å². The lowest BCUT2D eigenvalue weighted by atomic mass is 9.89. The van der Waals surface area contributed by atoms with E-state index >= 15 is 0 Å². The molecule has 1 fully saturated rings. The summed E-state index contributed by atoms with van der Waals surface area (Å²) in [7, 11) is -2.42. The molecule has 26 heavy (non-hydrogen) atoms. The first-order valence-corrected chi connectivity index (χ1v) is 10.1. The van der Waals surface area contributed by atoms with Crippen molar-refractivity contribution < 1.29 is 18.3 Å². The molecular formula is C17H18Cl2N2O4S. The number of hydrogen-bond donors (Lipinski definition) is 1. The van der Waals surface area contributed by atoms with Crippen molar-refractivity contribution in [2.24, 2.45) is 0 Å². The fourth-order valence-electron chi connectivity index (χ4n) is 2.99. The molecule has 6 nitrogen and oxygen atoms in total. The van der Waals surface area contributed by atoms with E-state index in [0.717, 1.165) is 0 Å². The number of nitrogens with zero attached hydrogens (tertiary/aromatic N) is 2. The topological polar surface area (TPSA) is 79.7 Å². The first kappa shape index (κ1) is 19.4. The average Bonchev–Trinajstić information content (AvgIpc) is 2.64. The first-order valence-electron chi connectivity index (χ1n) is 7.95. The number of pyridine rings is 1. The lowest BCUT2D eigenvalue weighted by Gasteiger charge is -2.37. The zero-order valence-electron chi connectivity index (χ0n) is 14.0. The van der Waals surface area contributed by atoms with Crippen molar-refractivity contribution in [3.05, 3.63) is 52.3 Å². The Bertz CT molecular complexity index is 898. The van der Waals surface area contributed by atoms with Gasteiger partial charge in [0.1, 0.15) is 16.2 Å². The summed E-state index contributed by atoms with van der Waals surface area (Å²) in [5.41, 5.74) is -0.600. The van der Waals surface area contributed by atoms with Crippen molar-refractivity contribution in [2.75, 3.05) is 20.2 Å². The Labute approximate surface area is 162 Å². The molecular weight excluding hydrogens is 399 g/mol. The first-order chi connectivity index (χ1) is 12.3. The van der Waals surface area contributed by atoms with Gasteiger partial charge in [-0.15, -0.1) is 0 Å². The predicted octanol–water partition coefficient (Wildman–Crippen LogP) is 3.07. The minimum absolute atomic E-state index is 0.0387. The van der Waals surface area contributed by atoms with Gasteiger partial charge in [-0.05, 0) is 31.0 Å². The highest BCUT2D eigenvalue weighted by atomic mass is 35.5. The van der Waals surface area contributed by atoms with E-state index in [2.05, 4.69) is 4.98 Å². The zero-order valence-corrected chi connectivity index (χ0v) is 16.4. The lowest BCUT2D eigenvalue weighted by molar-refractivity contribution is -0.0134. The van der Waals surface area contributed by atoms with Crippen LogP contribution < -0.4 is 4.74 Å². The third-order valence-corrected chi connectivity index (χ3v) is 7.17. The predicted molar refractivity (Wildman–Crippen MR) is 99.1 cm³/mol. The van der Waals surface area contributed by atoms with Crippen molar-refractivity contribution in [2.45, 2.75) is 23.3 Å². The number of methoxy groups -OCH3 is 1. The molecule has 9 heteroatoms. The summed E-state index contributed by atoms with van der Waals surface area (Å²) in [5.74, 6) is 0.304. The van der Waals surface area contributed by atoms with Crippen LogP contribution in [0.25, 0.3) is 0 Å². The van der Waals surface area contributed by atoms with Crippen LogP contribution in [0.4, 0.5) is 0 Å². The van der Waals surface area contributed by atoms with Gasteiger partial charge in [0, 0.05) is 25.4 Å². The molecule has 0 bridgehead atoms.